The minimum atomic E-state index is -0.229. The molecule has 19 heavy (non-hydrogen) atoms. The zero-order valence-corrected chi connectivity index (χ0v) is 10.6. The second-order valence-electron chi connectivity index (χ2n) is 3.99. The Kier molecular flexibility index (Phi) is 3.97. The van der Waals surface area contributed by atoms with Gasteiger partial charge in [-0.25, -0.2) is 0 Å². The molecule has 0 spiro atoms. The number of nitrogens with zero attached hydrogens (tertiary/aromatic N) is 1. The number of hydrogen-bond donors (Lipinski definition) is 2. The van der Waals surface area contributed by atoms with Crippen LogP contribution in [0, 0.1) is 0 Å². The van der Waals surface area contributed by atoms with Crippen molar-refractivity contribution in [2.24, 2.45) is 0 Å². The number of anilines is 1. The van der Waals surface area contributed by atoms with Gasteiger partial charge in [0.05, 0.1) is 12.7 Å². The Hall–Kier alpha value is -2.56. The second-order valence-corrected chi connectivity index (χ2v) is 3.99. The van der Waals surface area contributed by atoms with E-state index in [9.17, 15) is 4.79 Å². The summed E-state index contributed by atoms with van der Waals surface area (Å²) < 4.78 is 5.08. The molecule has 0 unspecified atom stereocenters. The minimum absolute atomic E-state index is 0.229. The average Bonchev–Trinajstić information content (AvgIpc) is 2.46. The Morgan fingerprint density at radius 3 is 2.74 bits per heavy atom. The molecule has 1 heterocycles. The molecule has 0 aliphatic heterocycles. The molecule has 0 atom stereocenters. The maximum atomic E-state index is 12.0. The van der Waals surface area contributed by atoms with Crippen molar-refractivity contribution in [2.45, 2.75) is 6.54 Å². The second kappa shape index (κ2) is 5.86. The van der Waals surface area contributed by atoms with Crippen LogP contribution in [0.5, 0.6) is 5.75 Å². The Labute approximate surface area is 111 Å². The van der Waals surface area contributed by atoms with E-state index in [1.54, 1.807) is 37.7 Å². The molecule has 0 bridgehead atoms. The first-order chi connectivity index (χ1) is 9.20. The number of carbonyl (C=O) groups excluding carboxylic acids is 1. The molecule has 1 aromatic carbocycles. The van der Waals surface area contributed by atoms with Gasteiger partial charge < -0.3 is 15.8 Å². The number of amides is 1. The normalized spacial score (nSPS) is 9.95. The number of methoxy groups -OCH3 is 1. The monoisotopic (exact) mass is 257 g/mol. The molecule has 0 aliphatic rings. The van der Waals surface area contributed by atoms with Crippen LogP contribution in [0.25, 0.3) is 0 Å². The summed E-state index contributed by atoms with van der Waals surface area (Å²) in [5.41, 5.74) is 7.60. The van der Waals surface area contributed by atoms with Gasteiger partial charge in [0, 0.05) is 24.6 Å². The number of carbonyl (C=O) groups is 1. The molecule has 98 valence electrons. The summed E-state index contributed by atoms with van der Waals surface area (Å²) in [5.74, 6) is 0.372. The maximum absolute atomic E-state index is 12.0. The molecule has 1 aromatic heterocycles. The van der Waals surface area contributed by atoms with Gasteiger partial charge in [0.25, 0.3) is 5.91 Å². The van der Waals surface area contributed by atoms with E-state index in [0.29, 0.717) is 23.5 Å². The summed E-state index contributed by atoms with van der Waals surface area (Å²) >= 11 is 0. The molecule has 0 fully saturated rings. The molecule has 5 nitrogen and oxygen atoms in total. The number of hydrogen-bond acceptors (Lipinski definition) is 4. The number of benzene rings is 1. The Morgan fingerprint density at radius 2 is 2.05 bits per heavy atom. The highest BCUT2D eigenvalue weighted by atomic mass is 16.5. The van der Waals surface area contributed by atoms with Crippen LogP contribution >= 0.6 is 0 Å². The van der Waals surface area contributed by atoms with Crippen molar-refractivity contribution in [1.29, 1.82) is 0 Å². The number of nitrogens with one attached hydrogen (secondary N) is 1. The SMILES string of the molecule is COc1ccc(N)c(C(=O)NCc2ccncc2)c1. The van der Waals surface area contributed by atoms with Crippen LogP contribution in [0.3, 0.4) is 0 Å². The van der Waals surface area contributed by atoms with Crippen LogP contribution in [0.2, 0.25) is 0 Å². The minimum Gasteiger partial charge on any atom is -0.497 e. The molecule has 2 rings (SSSR count). The van der Waals surface area contributed by atoms with Crippen molar-refractivity contribution >= 4 is 11.6 Å². The third kappa shape index (κ3) is 3.22. The molecular formula is C14H15N3O2. The molecule has 3 N–H and O–H groups in total. The Balaban J connectivity index is 2.08. The molecule has 1 amide bonds. The maximum Gasteiger partial charge on any atom is 0.253 e. The van der Waals surface area contributed by atoms with Crippen molar-refractivity contribution in [2.75, 3.05) is 12.8 Å². The van der Waals surface area contributed by atoms with Crippen molar-refractivity contribution in [3.05, 3.63) is 53.9 Å². The highest BCUT2D eigenvalue weighted by Crippen LogP contribution is 2.19. The van der Waals surface area contributed by atoms with Gasteiger partial charge in [-0.3, -0.25) is 9.78 Å². The predicted octanol–water partition coefficient (Wildman–Crippen LogP) is 1.60. The van der Waals surface area contributed by atoms with Crippen LogP contribution < -0.4 is 15.8 Å². The van der Waals surface area contributed by atoms with Crippen molar-refractivity contribution in [3.8, 4) is 5.75 Å². The quantitative estimate of drug-likeness (QED) is 0.816. The molecule has 2 aromatic rings. The van der Waals surface area contributed by atoms with Crippen molar-refractivity contribution in [1.82, 2.24) is 10.3 Å². The molecule has 0 radical (unpaired) electrons. The summed E-state index contributed by atoms with van der Waals surface area (Å²) in [7, 11) is 1.55. The first kappa shape index (κ1) is 12.9. The predicted molar refractivity (Wildman–Crippen MR) is 72.8 cm³/mol. The van der Waals surface area contributed by atoms with Crippen LogP contribution in [0.1, 0.15) is 15.9 Å². The summed E-state index contributed by atoms with van der Waals surface area (Å²) in [6.45, 7) is 0.429. The fourth-order valence-electron chi connectivity index (χ4n) is 1.64. The average molecular weight is 257 g/mol. The van der Waals surface area contributed by atoms with Crippen molar-refractivity contribution < 1.29 is 9.53 Å². The lowest BCUT2D eigenvalue weighted by Crippen LogP contribution is -2.23. The molecular weight excluding hydrogens is 242 g/mol. The van der Waals surface area contributed by atoms with Gasteiger partial charge >= 0.3 is 0 Å². The topological polar surface area (TPSA) is 77.2 Å². The molecule has 0 saturated carbocycles. The smallest absolute Gasteiger partial charge is 0.253 e. The van der Waals surface area contributed by atoms with E-state index in [4.69, 9.17) is 10.5 Å². The number of aromatic nitrogens is 1. The zero-order chi connectivity index (χ0) is 13.7. The number of nitrogens with two attached hydrogens (primary N) is 1. The summed E-state index contributed by atoms with van der Waals surface area (Å²) in [4.78, 5) is 16.0. The summed E-state index contributed by atoms with van der Waals surface area (Å²) in [6.07, 6.45) is 3.36. The van der Waals surface area contributed by atoms with E-state index >= 15 is 0 Å². The van der Waals surface area contributed by atoms with E-state index < -0.39 is 0 Å². The van der Waals surface area contributed by atoms with Crippen molar-refractivity contribution in [3.63, 3.8) is 0 Å². The van der Waals surface area contributed by atoms with Gasteiger partial charge in [0.2, 0.25) is 0 Å². The van der Waals surface area contributed by atoms with Crippen LogP contribution in [0.4, 0.5) is 5.69 Å². The largest absolute Gasteiger partial charge is 0.497 e. The van der Waals surface area contributed by atoms with Gasteiger partial charge in [-0.1, -0.05) is 0 Å². The summed E-state index contributed by atoms with van der Waals surface area (Å²) in [5, 5.41) is 2.81. The highest BCUT2D eigenvalue weighted by molar-refractivity contribution is 5.99. The number of nitrogen functional groups attached to an aromatic ring is 1. The van der Waals surface area contributed by atoms with E-state index in [2.05, 4.69) is 10.3 Å². The Bertz CT molecular complexity index is 570. The van der Waals surface area contributed by atoms with E-state index in [-0.39, 0.29) is 5.91 Å². The lowest BCUT2D eigenvalue weighted by Gasteiger charge is -2.09. The van der Waals surface area contributed by atoms with Gasteiger partial charge in [-0.15, -0.1) is 0 Å². The van der Waals surface area contributed by atoms with Crippen LogP contribution in [-0.2, 0) is 6.54 Å². The first-order valence-corrected chi connectivity index (χ1v) is 5.81. The lowest BCUT2D eigenvalue weighted by molar-refractivity contribution is 0.0951. The van der Waals surface area contributed by atoms with Crippen LogP contribution in [-0.4, -0.2) is 18.0 Å². The standard InChI is InChI=1S/C14H15N3O2/c1-19-11-2-3-13(15)12(8-11)14(18)17-9-10-4-6-16-7-5-10/h2-8H,9,15H2,1H3,(H,17,18). The van der Waals surface area contributed by atoms with Gasteiger partial charge in [-0.05, 0) is 35.9 Å². The lowest BCUT2D eigenvalue weighted by atomic mass is 10.1. The number of pyridine rings is 1. The van der Waals surface area contributed by atoms with Gasteiger partial charge in [0.15, 0.2) is 0 Å². The first-order valence-electron chi connectivity index (χ1n) is 5.81. The van der Waals surface area contributed by atoms with Gasteiger partial charge in [0.1, 0.15) is 5.75 Å². The van der Waals surface area contributed by atoms with E-state index in [1.165, 1.54) is 0 Å². The third-order valence-electron chi connectivity index (χ3n) is 2.71. The zero-order valence-electron chi connectivity index (χ0n) is 10.6. The fourth-order valence-corrected chi connectivity index (χ4v) is 1.64. The molecule has 5 heteroatoms. The third-order valence-corrected chi connectivity index (χ3v) is 2.71. The highest BCUT2D eigenvalue weighted by Gasteiger charge is 2.10. The number of rotatable bonds is 4. The molecule has 0 saturated heterocycles. The molecule has 0 aliphatic carbocycles. The van der Waals surface area contributed by atoms with Crippen LogP contribution in [0.15, 0.2) is 42.7 Å². The fraction of sp³-hybridized carbons (Fsp3) is 0.143. The van der Waals surface area contributed by atoms with E-state index in [1.807, 2.05) is 12.1 Å². The number of ether oxygens (including phenoxy) is 1. The summed E-state index contributed by atoms with van der Waals surface area (Å²) in [6, 6.07) is 8.68. The Morgan fingerprint density at radius 1 is 1.32 bits per heavy atom. The van der Waals surface area contributed by atoms with Gasteiger partial charge in [-0.2, -0.15) is 0 Å². The van der Waals surface area contributed by atoms with E-state index in [0.717, 1.165) is 5.56 Å².